The minimum atomic E-state index is -0.170. The second kappa shape index (κ2) is 4.55. The molecule has 1 N–H and O–H groups in total. The predicted octanol–water partition coefficient (Wildman–Crippen LogP) is 0.761. The van der Waals surface area contributed by atoms with Gasteiger partial charge < -0.3 is 4.90 Å². The zero-order chi connectivity index (χ0) is 10.6. The number of hydrogen-bond acceptors (Lipinski definition) is 3. The Morgan fingerprint density at radius 1 is 1.71 bits per heavy atom. The maximum absolute atomic E-state index is 11.7. The van der Waals surface area contributed by atoms with Gasteiger partial charge in [-0.3, -0.25) is 9.89 Å². The van der Waals surface area contributed by atoms with Crippen LogP contribution in [0.5, 0.6) is 0 Å². The lowest BCUT2D eigenvalue weighted by Gasteiger charge is -2.16. The van der Waals surface area contributed by atoms with Crippen LogP contribution in [0, 0.1) is 6.92 Å². The van der Waals surface area contributed by atoms with Gasteiger partial charge in [-0.15, -0.1) is 11.7 Å². The van der Waals surface area contributed by atoms with Crippen LogP contribution in [-0.4, -0.2) is 39.1 Å². The van der Waals surface area contributed by atoms with Crippen LogP contribution in [0.25, 0.3) is 0 Å². The molecule has 1 rings (SSSR count). The molecule has 0 unspecified atom stereocenters. The maximum Gasteiger partial charge on any atom is 0.293 e. The van der Waals surface area contributed by atoms with Crippen molar-refractivity contribution in [2.45, 2.75) is 13.8 Å². The summed E-state index contributed by atoms with van der Waals surface area (Å²) < 4.78 is 0. The molecule has 0 aliphatic carbocycles. The fraction of sp³-hybridized carbons (Fsp3) is 0.444. The van der Waals surface area contributed by atoms with E-state index in [0.717, 1.165) is 0 Å². The summed E-state index contributed by atoms with van der Waals surface area (Å²) >= 11 is 0. The molecule has 0 saturated carbocycles. The Morgan fingerprint density at radius 3 is 2.86 bits per heavy atom. The molecule has 0 aliphatic rings. The van der Waals surface area contributed by atoms with Crippen LogP contribution in [0.3, 0.4) is 0 Å². The van der Waals surface area contributed by atoms with Gasteiger partial charge in [-0.2, -0.15) is 0 Å². The topological polar surface area (TPSA) is 61.9 Å². The largest absolute Gasteiger partial charge is 0.332 e. The van der Waals surface area contributed by atoms with Gasteiger partial charge in [0.25, 0.3) is 5.91 Å². The highest BCUT2D eigenvalue weighted by atomic mass is 16.2. The number of hydrogen-bond donors (Lipinski definition) is 1. The molecule has 5 heteroatoms. The van der Waals surface area contributed by atoms with E-state index >= 15 is 0 Å². The first-order valence-electron chi connectivity index (χ1n) is 4.48. The van der Waals surface area contributed by atoms with Gasteiger partial charge in [-0.1, -0.05) is 6.08 Å². The Labute approximate surface area is 82.8 Å². The molecule has 5 nitrogen and oxygen atoms in total. The SMILES string of the molecule is C=CCN(CC)C(=O)c1n[nH]c(C)n1. The smallest absolute Gasteiger partial charge is 0.293 e. The summed E-state index contributed by atoms with van der Waals surface area (Å²) in [6.45, 7) is 8.39. The van der Waals surface area contributed by atoms with Gasteiger partial charge >= 0.3 is 0 Å². The minimum Gasteiger partial charge on any atom is -0.332 e. The molecule has 1 amide bonds. The van der Waals surface area contributed by atoms with Crippen LogP contribution in [-0.2, 0) is 0 Å². The van der Waals surface area contributed by atoms with Crippen molar-refractivity contribution in [3.63, 3.8) is 0 Å². The maximum atomic E-state index is 11.7. The monoisotopic (exact) mass is 194 g/mol. The summed E-state index contributed by atoms with van der Waals surface area (Å²) in [7, 11) is 0. The first kappa shape index (κ1) is 10.4. The van der Waals surface area contributed by atoms with Crippen LogP contribution in [0.4, 0.5) is 0 Å². The number of nitrogens with one attached hydrogen (secondary N) is 1. The van der Waals surface area contributed by atoms with Crippen molar-refractivity contribution in [2.24, 2.45) is 0 Å². The van der Waals surface area contributed by atoms with Gasteiger partial charge in [0.2, 0.25) is 5.82 Å². The molecule has 0 aliphatic heterocycles. The third-order valence-corrected chi connectivity index (χ3v) is 1.81. The van der Waals surface area contributed by atoms with Gasteiger partial charge in [0.15, 0.2) is 0 Å². The lowest BCUT2D eigenvalue weighted by Crippen LogP contribution is -2.31. The molecule has 1 aromatic rings. The summed E-state index contributed by atoms with van der Waals surface area (Å²) in [6.07, 6.45) is 1.68. The molecular weight excluding hydrogens is 180 g/mol. The van der Waals surface area contributed by atoms with Crippen LogP contribution >= 0.6 is 0 Å². The highest BCUT2D eigenvalue weighted by molar-refractivity contribution is 5.90. The van der Waals surface area contributed by atoms with E-state index in [4.69, 9.17) is 0 Å². The summed E-state index contributed by atoms with van der Waals surface area (Å²) in [5, 5.41) is 6.44. The summed E-state index contributed by atoms with van der Waals surface area (Å²) in [5.74, 6) is 0.686. The number of nitrogens with zero attached hydrogens (tertiary/aromatic N) is 3. The molecule has 14 heavy (non-hydrogen) atoms. The number of aromatic amines is 1. The fourth-order valence-electron chi connectivity index (χ4n) is 1.09. The van der Waals surface area contributed by atoms with Crippen molar-refractivity contribution in [1.82, 2.24) is 20.1 Å². The standard InChI is InChI=1S/C9H14N4O/c1-4-6-13(5-2)9(14)8-10-7(3)11-12-8/h4H,1,5-6H2,2-3H3,(H,10,11,12). The zero-order valence-electron chi connectivity index (χ0n) is 8.45. The normalized spacial score (nSPS) is 9.86. The lowest BCUT2D eigenvalue weighted by molar-refractivity contribution is 0.0770. The fourth-order valence-corrected chi connectivity index (χ4v) is 1.09. The first-order chi connectivity index (χ1) is 6.69. The first-order valence-corrected chi connectivity index (χ1v) is 4.48. The van der Waals surface area contributed by atoms with Gasteiger partial charge in [0.1, 0.15) is 5.82 Å². The molecule has 0 aromatic carbocycles. The third kappa shape index (κ3) is 2.18. The van der Waals surface area contributed by atoms with Gasteiger partial charge in [0.05, 0.1) is 0 Å². The van der Waals surface area contributed by atoms with Crippen molar-refractivity contribution in [3.8, 4) is 0 Å². The molecular formula is C9H14N4O. The summed E-state index contributed by atoms with van der Waals surface area (Å²) in [5.41, 5.74) is 0. The molecule has 76 valence electrons. The van der Waals surface area contributed by atoms with Gasteiger partial charge in [0, 0.05) is 13.1 Å². The lowest BCUT2D eigenvalue weighted by atomic mass is 10.4. The van der Waals surface area contributed by atoms with E-state index in [0.29, 0.717) is 18.9 Å². The van der Waals surface area contributed by atoms with Crippen molar-refractivity contribution < 1.29 is 4.79 Å². The highest BCUT2D eigenvalue weighted by Gasteiger charge is 2.16. The molecule has 0 saturated heterocycles. The molecule has 1 heterocycles. The summed E-state index contributed by atoms with van der Waals surface area (Å²) in [4.78, 5) is 17.3. The average molecular weight is 194 g/mol. The number of aryl methyl sites for hydroxylation is 1. The number of H-pyrrole nitrogens is 1. The Balaban J connectivity index is 2.77. The van der Waals surface area contributed by atoms with E-state index in [2.05, 4.69) is 21.8 Å². The Hall–Kier alpha value is -1.65. The molecule has 0 atom stereocenters. The number of carbonyl (C=O) groups is 1. The minimum absolute atomic E-state index is 0.170. The Morgan fingerprint density at radius 2 is 2.43 bits per heavy atom. The summed E-state index contributed by atoms with van der Waals surface area (Å²) in [6, 6.07) is 0. The zero-order valence-corrected chi connectivity index (χ0v) is 8.45. The van der Waals surface area contributed by atoms with Crippen molar-refractivity contribution in [2.75, 3.05) is 13.1 Å². The number of carbonyl (C=O) groups excluding carboxylic acids is 1. The number of rotatable bonds is 4. The van der Waals surface area contributed by atoms with Crippen LogP contribution in [0.1, 0.15) is 23.4 Å². The third-order valence-electron chi connectivity index (χ3n) is 1.81. The number of aromatic nitrogens is 3. The molecule has 0 bridgehead atoms. The second-order valence-electron chi connectivity index (χ2n) is 2.88. The average Bonchev–Trinajstić information content (AvgIpc) is 2.60. The number of likely N-dealkylation sites (N-methyl/N-ethyl adjacent to an activating group) is 1. The van der Waals surface area contributed by atoms with Crippen molar-refractivity contribution in [1.29, 1.82) is 0 Å². The van der Waals surface area contributed by atoms with Crippen LogP contribution < -0.4 is 0 Å². The van der Waals surface area contributed by atoms with E-state index in [1.54, 1.807) is 17.9 Å². The predicted molar refractivity (Wildman–Crippen MR) is 52.9 cm³/mol. The van der Waals surface area contributed by atoms with Crippen molar-refractivity contribution in [3.05, 3.63) is 24.3 Å². The second-order valence-corrected chi connectivity index (χ2v) is 2.88. The number of amides is 1. The molecule has 0 radical (unpaired) electrons. The molecule has 1 aromatic heterocycles. The van der Waals surface area contributed by atoms with E-state index in [1.807, 2.05) is 6.92 Å². The highest BCUT2D eigenvalue weighted by Crippen LogP contribution is 1.99. The molecule has 0 fully saturated rings. The van der Waals surface area contributed by atoms with Gasteiger partial charge in [-0.25, -0.2) is 4.98 Å². The van der Waals surface area contributed by atoms with Crippen molar-refractivity contribution >= 4 is 5.91 Å². The van der Waals surface area contributed by atoms with Gasteiger partial charge in [-0.05, 0) is 13.8 Å². The van der Waals surface area contributed by atoms with E-state index in [9.17, 15) is 4.79 Å². The van der Waals surface area contributed by atoms with E-state index < -0.39 is 0 Å². The Bertz CT molecular complexity index is 331. The van der Waals surface area contributed by atoms with E-state index in [-0.39, 0.29) is 11.7 Å². The van der Waals surface area contributed by atoms with Crippen LogP contribution in [0.15, 0.2) is 12.7 Å². The molecule has 0 spiro atoms. The van der Waals surface area contributed by atoms with Crippen LogP contribution in [0.2, 0.25) is 0 Å². The Kier molecular flexibility index (Phi) is 3.39. The quantitative estimate of drug-likeness (QED) is 0.720. The van der Waals surface area contributed by atoms with E-state index in [1.165, 1.54) is 0 Å².